The van der Waals surface area contributed by atoms with Gasteiger partial charge in [0.25, 0.3) is 5.91 Å². The number of morpholine rings is 1. The topological polar surface area (TPSA) is 41.6 Å². The summed E-state index contributed by atoms with van der Waals surface area (Å²) in [7, 11) is 0. The quantitative estimate of drug-likeness (QED) is 0.907. The number of benzene rings is 1. The summed E-state index contributed by atoms with van der Waals surface area (Å²) in [6, 6.07) is 8.56. The van der Waals surface area contributed by atoms with Crippen molar-refractivity contribution in [2.24, 2.45) is 5.92 Å². The summed E-state index contributed by atoms with van der Waals surface area (Å²) in [5, 5.41) is 3.02. The van der Waals surface area contributed by atoms with Gasteiger partial charge in [0.1, 0.15) is 0 Å². The van der Waals surface area contributed by atoms with Crippen molar-refractivity contribution in [3.63, 3.8) is 0 Å². The standard InChI is InChI=1S/C19H28N2O2/c1-14(2)10-15-5-7-16(8-6-15)19(22)20-11-18-12-21-9-3-4-17(21)13-23-18/h5-8,14,17-18H,3-4,9-13H2,1-2H3,(H,20,22)/t17-,18-/m0/s1. The third-order valence-corrected chi connectivity index (χ3v) is 4.81. The van der Waals surface area contributed by atoms with E-state index in [9.17, 15) is 4.79 Å². The molecule has 0 aliphatic carbocycles. The number of carbonyl (C=O) groups is 1. The van der Waals surface area contributed by atoms with Gasteiger partial charge in [0.05, 0.1) is 12.7 Å². The summed E-state index contributed by atoms with van der Waals surface area (Å²) in [5.41, 5.74) is 2.01. The Kier molecular flexibility index (Phi) is 5.34. The van der Waals surface area contributed by atoms with Crippen LogP contribution in [0.2, 0.25) is 0 Å². The predicted molar refractivity (Wildman–Crippen MR) is 91.7 cm³/mol. The van der Waals surface area contributed by atoms with E-state index in [1.54, 1.807) is 0 Å². The van der Waals surface area contributed by atoms with Gasteiger partial charge in [-0.2, -0.15) is 0 Å². The predicted octanol–water partition coefficient (Wildman–Crippen LogP) is 2.48. The molecule has 1 aromatic rings. The van der Waals surface area contributed by atoms with E-state index in [1.165, 1.54) is 24.9 Å². The van der Waals surface area contributed by atoms with Crippen LogP contribution in [0.5, 0.6) is 0 Å². The molecule has 0 spiro atoms. The Morgan fingerprint density at radius 1 is 1.35 bits per heavy atom. The number of amides is 1. The molecule has 2 atom stereocenters. The Bertz CT molecular complexity index is 527. The van der Waals surface area contributed by atoms with Crippen LogP contribution in [0.1, 0.15) is 42.6 Å². The molecule has 2 fully saturated rings. The molecular formula is C19H28N2O2. The lowest BCUT2D eigenvalue weighted by Crippen LogP contribution is -2.50. The Morgan fingerprint density at radius 3 is 2.87 bits per heavy atom. The van der Waals surface area contributed by atoms with Gasteiger partial charge in [0.2, 0.25) is 0 Å². The number of nitrogens with zero attached hydrogens (tertiary/aromatic N) is 1. The second kappa shape index (κ2) is 7.45. The van der Waals surface area contributed by atoms with E-state index < -0.39 is 0 Å². The Balaban J connectivity index is 1.47. The number of ether oxygens (including phenoxy) is 1. The van der Waals surface area contributed by atoms with Crippen LogP contribution in [0.4, 0.5) is 0 Å². The molecular weight excluding hydrogens is 288 g/mol. The Hall–Kier alpha value is -1.39. The molecule has 0 unspecified atom stereocenters. The molecule has 0 radical (unpaired) electrons. The molecule has 0 aromatic heterocycles. The van der Waals surface area contributed by atoms with Crippen molar-refractivity contribution in [3.8, 4) is 0 Å². The van der Waals surface area contributed by atoms with E-state index in [0.717, 1.165) is 25.1 Å². The van der Waals surface area contributed by atoms with Gasteiger partial charge in [0.15, 0.2) is 0 Å². The first kappa shape index (κ1) is 16.5. The highest BCUT2D eigenvalue weighted by atomic mass is 16.5. The zero-order chi connectivity index (χ0) is 16.2. The van der Waals surface area contributed by atoms with Crippen LogP contribution in [0.15, 0.2) is 24.3 Å². The monoisotopic (exact) mass is 316 g/mol. The fraction of sp³-hybridized carbons (Fsp3) is 0.632. The molecule has 0 saturated carbocycles. The maximum Gasteiger partial charge on any atom is 0.251 e. The summed E-state index contributed by atoms with van der Waals surface area (Å²) >= 11 is 0. The first-order valence-electron chi connectivity index (χ1n) is 8.84. The molecule has 2 heterocycles. The molecule has 23 heavy (non-hydrogen) atoms. The summed E-state index contributed by atoms with van der Waals surface area (Å²) in [6.45, 7) is 7.93. The van der Waals surface area contributed by atoms with Gasteiger partial charge in [-0.15, -0.1) is 0 Å². The zero-order valence-corrected chi connectivity index (χ0v) is 14.3. The lowest BCUT2D eigenvalue weighted by Gasteiger charge is -2.35. The summed E-state index contributed by atoms with van der Waals surface area (Å²) in [6.07, 6.45) is 3.69. The molecule has 2 saturated heterocycles. The van der Waals surface area contributed by atoms with Gasteiger partial charge in [-0.3, -0.25) is 9.69 Å². The zero-order valence-electron chi connectivity index (χ0n) is 14.3. The fourth-order valence-corrected chi connectivity index (χ4v) is 3.58. The van der Waals surface area contributed by atoms with Crippen molar-refractivity contribution in [1.82, 2.24) is 10.2 Å². The number of nitrogens with one attached hydrogen (secondary N) is 1. The molecule has 4 nitrogen and oxygen atoms in total. The van der Waals surface area contributed by atoms with Crippen LogP contribution in [0.25, 0.3) is 0 Å². The highest BCUT2D eigenvalue weighted by Gasteiger charge is 2.32. The van der Waals surface area contributed by atoms with Gasteiger partial charge in [-0.1, -0.05) is 26.0 Å². The lowest BCUT2D eigenvalue weighted by atomic mass is 10.0. The van der Waals surface area contributed by atoms with Gasteiger partial charge in [-0.05, 0) is 49.4 Å². The number of hydrogen-bond acceptors (Lipinski definition) is 3. The van der Waals surface area contributed by atoms with Crippen LogP contribution < -0.4 is 5.32 Å². The molecule has 1 N–H and O–H groups in total. The second-order valence-electron chi connectivity index (χ2n) is 7.25. The van der Waals surface area contributed by atoms with Crippen molar-refractivity contribution in [2.75, 3.05) is 26.2 Å². The minimum absolute atomic E-state index is 0.00626. The minimum Gasteiger partial charge on any atom is -0.373 e. The van der Waals surface area contributed by atoms with Crippen LogP contribution in [-0.2, 0) is 11.2 Å². The van der Waals surface area contributed by atoms with Crippen LogP contribution in [-0.4, -0.2) is 49.2 Å². The molecule has 0 bridgehead atoms. The average molecular weight is 316 g/mol. The van der Waals surface area contributed by atoms with Crippen molar-refractivity contribution >= 4 is 5.91 Å². The highest BCUT2D eigenvalue weighted by Crippen LogP contribution is 2.22. The maximum atomic E-state index is 12.3. The Labute approximate surface area is 139 Å². The third kappa shape index (κ3) is 4.33. The summed E-state index contributed by atoms with van der Waals surface area (Å²) < 4.78 is 5.88. The number of hydrogen-bond donors (Lipinski definition) is 1. The van der Waals surface area contributed by atoms with E-state index in [0.29, 0.717) is 18.5 Å². The highest BCUT2D eigenvalue weighted by molar-refractivity contribution is 5.94. The SMILES string of the molecule is CC(C)Cc1ccc(C(=O)NC[C@H]2CN3CCC[C@H]3CO2)cc1. The van der Waals surface area contributed by atoms with Crippen molar-refractivity contribution in [2.45, 2.75) is 45.3 Å². The van der Waals surface area contributed by atoms with Gasteiger partial charge in [-0.25, -0.2) is 0 Å². The number of carbonyl (C=O) groups excluding carboxylic acids is 1. The first-order valence-corrected chi connectivity index (χ1v) is 8.84. The van der Waals surface area contributed by atoms with E-state index in [1.807, 2.05) is 12.1 Å². The van der Waals surface area contributed by atoms with Crippen molar-refractivity contribution in [3.05, 3.63) is 35.4 Å². The third-order valence-electron chi connectivity index (χ3n) is 4.81. The minimum atomic E-state index is -0.00626. The summed E-state index contributed by atoms with van der Waals surface area (Å²) in [5.74, 6) is 0.626. The normalized spacial score (nSPS) is 24.7. The molecule has 2 aliphatic rings. The Morgan fingerprint density at radius 2 is 2.13 bits per heavy atom. The fourth-order valence-electron chi connectivity index (χ4n) is 3.58. The van der Waals surface area contributed by atoms with Crippen molar-refractivity contribution < 1.29 is 9.53 Å². The van der Waals surface area contributed by atoms with E-state index in [2.05, 4.69) is 36.2 Å². The second-order valence-corrected chi connectivity index (χ2v) is 7.25. The molecule has 1 aromatic carbocycles. The molecule has 2 aliphatic heterocycles. The van der Waals surface area contributed by atoms with Crippen LogP contribution in [0.3, 0.4) is 0 Å². The lowest BCUT2D eigenvalue weighted by molar-refractivity contribution is -0.0461. The smallest absolute Gasteiger partial charge is 0.251 e. The molecule has 4 heteroatoms. The first-order chi connectivity index (χ1) is 11.1. The largest absolute Gasteiger partial charge is 0.373 e. The van der Waals surface area contributed by atoms with Gasteiger partial charge < -0.3 is 10.1 Å². The van der Waals surface area contributed by atoms with E-state index >= 15 is 0 Å². The van der Waals surface area contributed by atoms with E-state index in [4.69, 9.17) is 4.74 Å². The molecule has 3 rings (SSSR count). The average Bonchev–Trinajstić information content (AvgIpc) is 3.00. The summed E-state index contributed by atoms with van der Waals surface area (Å²) in [4.78, 5) is 14.8. The van der Waals surface area contributed by atoms with Gasteiger partial charge in [0, 0.05) is 24.7 Å². The molecule has 126 valence electrons. The van der Waals surface area contributed by atoms with Crippen LogP contribution in [0, 0.1) is 5.92 Å². The maximum absolute atomic E-state index is 12.3. The molecule has 1 amide bonds. The van der Waals surface area contributed by atoms with Crippen molar-refractivity contribution in [1.29, 1.82) is 0 Å². The van der Waals surface area contributed by atoms with E-state index in [-0.39, 0.29) is 12.0 Å². The number of fused-ring (bicyclic) bond motifs is 1. The number of rotatable bonds is 5. The van der Waals surface area contributed by atoms with Gasteiger partial charge >= 0.3 is 0 Å². The van der Waals surface area contributed by atoms with Crippen LogP contribution >= 0.6 is 0 Å².